The van der Waals surface area contributed by atoms with Crippen LogP contribution >= 0.6 is 0 Å². The highest BCUT2D eigenvalue weighted by Crippen LogP contribution is 2.22. The molecule has 7 nitrogen and oxygen atoms in total. The van der Waals surface area contributed by atoms with Crippen LogP contribution in [-0.2, 0) is 27.9 Å². The van der Waals surface area contributed by atoms with Gasteiger partial charge in [-0.2, -0.15) is 9.41 Å². The molecule has 31 heavy (non-hydrogen) atoms. The van der Waals surface area contributed by atoms with E-state index in [9.17, 15) is 13.2 Å². The van der Waals surface area contributed by atoms with Gasteiger partial charge in [0.25, 0.3) is 0 Å². The fraction of sp³-hybridized carbons (Fsp3) is 0.217. The molecule has 1 heterocycles. The Bertz CT molecular complexity index is 1160. The molecule has 0 saturated carbocycles. The minimum absolute atomic E-state index is 0.0536. The molecule has 0 bridgehead atoms. The molecular weight excluding hydrogens is 414 g/mol. The van der Waals surface area contributed by atoms with Gasteiger partial charge in [0.2, 0.25) is 15.9 Å². The molecule has 3 rings (SSSR count). The molecule has 0 aliphatic rings. The maximum absolute atomic E-state index is 13.4. The van der Waals surface area contributed by atoms with Crippen LogP contribution in [0.2, 0.25) is 0 Å². The zero-order valence-electron chi connectivity index (χ0n) is 17.7. The molecule has 0 unspecified atom stereocenters. The van der Waals surface area contributed by atoms with Crippen LogP contribution < -0.4 is 5.43 Å². The summed E-state index contributed by atoms with van der Waals surface area (Å²) in [5, 5.41) is 3.76. The Morgan fingerprint density at radius 3 is 2.19 bits per heavy atom. The Morgan fingerprint density at radius 1 is 0.968 bits per heavy atom. The Balaban J connectivity index is 1.88. The van der Waals surface area contributed by atoms with Gasteiger partial charge in [-0.25, -0.2) is 13.8 Å². The first kappa shape index (κ1) is 22.5. The molecule has 0 fully saturated rings. The topological polar surface area (TPSA) is 92.0 Å². The fourth-order valence-electron chi connectivity index (χ4n) is 2.89. The van der Waals surface area contributed by atoms with Crippen molar-refractivity contribution in [2.45, 2.75) is 38.8 Å². The lowest BCUT2D eigenvalue weighted by Gasteiger charge is -2.21. The summed E-state index contributed by atoms with van der Waals surface area (Å²) in [6.07, 6.45) is 1.36. The number of nitrogens with zero attached hydrogens (tertiary/aromatic N) is 2. The third-order valence-electron chi connectivity index (χ3n) is 4.57. The zero-order valence-corrected chi connectivity index (χ0v) is 18.5. The van der Waals surface area contributed by atoms with E-state index in [1.807, 2.05) is 38.1 Å². The summed E-state index contributed by atoms with van der Waals surface area (Å²) in [6.45, 7) is 5.50. The predicted molar refractivity (Wildman–Crippen MR) is 119 cm³/mol. The van der Waals surface area contributed by atoms with Crippen molar-refractivity contribution in [3.05, 3.63) is 88.9 Å². The molecule has 1 amide bonds. The van der Waals surface area contributed by atoms with Gasteiger partial charge in [0, 0.05) is 13.5 Å². The normalized spacial score (nSPS) is 11.9. The second kappa shape index (κ2) is 9.72. The first-order valence-corrected chi connectivity index (χ1v) is 11.2. The van der Waals surface area contributed by atoms with Crippen molar-refractivity contribution in [3.8, 4) is 0 Å². The van der Waals surface area contributed by atoms with Crippen molar-refractivity contribution in [1.82, 2.24) is 9.73 Å². The summed E-state index contributed by atoms with van der Waals surface area (Å²) in [5.74, 6) is 0.579. The number of carbonyl (C=O) groups is 1. The average molecular weight is 440 g/mol. The quantitative estimate of drug-likeness (QED) is 0.427. The van der Waals surface area contributed by atoms with Crippen molar-refractivity contribution in [2.75, 3.05) is 0 Å². The lowest BCUT2D eigenvalue weighted by Crippen LogP contribution is -2.30. The molecule has 0 spiro atoms. The highest BCUT2D eigenvalue weighted by molar-refractivity contribution is 7.89. The van der Waals surface area contributed by atoms with Crippen LogP contribution in [0.4, 0.5) is 0 Å². The number of hydrazone groups is 1. The maximum atomic E-state index is 13.4. The fourth-order valence-corrected chi connectivity index (χ4v) is 4.29. The van der Waals surface area contributed by atoms with Gasteiger partial charge in [-0.05, 0) is 43.7 Å². The Morgan fingerprint density at radius 2 is 1.58 bits per heavy atom. The summed E-state index contributed by atoms with van der Waals surface area (Å²) >= 11 is 0. The lowest BCUT2D eigenvalue weighted by atomic mass is 10.1. The largest absolute Gasteiger partial charge is 0.459 e. The number of hydrogen-bond donors (Lipinski definition) is 1. The first-order chi connectivity index (χ1) is 14.7. The van der Waals surface area contributed by atoms with Crippen molar-refractivity contribution in [2.24, 2.45) is 5.10 Å². The van der Waals surface area contributed by atoms with Crippen LogP contribution in [0.3, 0.4) is 0 Å². The lowest BCUT2D eigenvalue weighted by molar-refractivity contribution is -0.118. The average Bonchev–Trinajstić information content (AvgIpc) is 3.16. The molecule has 3 aromatic rings. The highest BCUT2D eigenvalue weighted by Gasteiger charge is 2.26. The Labute approximate surface area is 182 Å². The Hall–Kier alpha value is -3.23. The molecule has 0 aliphatic heterocycles. The summed E-state index contributed by atoms with van der Waals surface area (Å²) in [4.78, 5) is 11.1. The first-order valence-electron chi connectivity index (χ1n) is 9.75. The van der Waals surface area contributed by atoms with E-state index in [1.54, 1.807) is 36.4 Å². The van der Waals surface area contributed by atoms with E-state index in [-0.39, 0.29) is 23.9 Å². The number of sulfonamides is 1. The van der Waals surface area contributed by atoms with Crippen LogP contribution in [-0.4, -0.2) is 24.8 Å². The summed E-state index contributed by atoms with van der Waals surface area (Å²) in [5.41, 5.74) is 5.26. The summed E-state index contributed by atoms with van der Waals surface area (Å²) in [7, 11) is -3.76. The highest BCUT2D eigenvalue weighted by atomic mass is 32.2. The molecule has 1 N–H and O–H groups in total. The number of benzene rings is 2. The van der Waals surface area contributed by atoms with Gasteiger partial charge in [0.1, 0.15) is 11.5 Å². The van der Waals surface area contributed by atoms with E-state index in [2.05, 4.69) is 10.5 Å². The monoisotopic (exact) mass is 439 g/mol. The number of furan rings is 1. The van der Waals surface area contributed by atoms with Crippen molar-refractivity contribution < 1.29 is 17.6 Å². The van der Waals surface area contributed by atoms with E-state index < -0.39 is 10.0 Å². The van der Waals surface area contributed by atoms with Gasteiger partial charge in [-0.15, -0.1) is 0 Å². The van der Waals surface area contributed by atoms with Crippen molar-refractivity contribution in [1.29, 1.82) is 0 Å². The van der Waals surface area contributed by atoms with Crippen LogP contribution in [0.1, 0.15) is 35.1 Å². The molecule has 1 aromatic heterocycles. The molecule has 0 aliphatic carbocycles. The molecule has 2 aromatic carbocycles. The predicted octanol–water partition coefficient (Wildman–Crippen LogP) is 3.76. The van der Waals surface area contributed by atoms with Crippen molar-refractivity contribution >= 4 is 22.1 Å². The number of aryl methyl sites for hydroxylation is 2. The van der Waals surface area contributed by atoms with Gasteiger partial charge in [-0.1, -0.05) is 47.5 Å². The van der Waals surface area contributed by atoms with Crippen molar-refractivity contribution in [3.63, 3.8) is 0 Å². The molecule has 0 radical (unpaired) electrons. The minimum atomic E-state index is -3.76. The van der Waals surface area contributed by atoms with Crippen LogP contribution in [0, 0.1) is 13.8 Å². The van der Waals surface area contributed by atoms with Crippen LogP contribution in [0.15, 0.2) is 75.1 Å². The van der Waals surface area contributed by atoms with E-state index in [0.29, 0.717) is 11.5 Å². The van der Waals surface area contributed by atoms with Gasteiger partial charge in [0.15, 0.2) is 0 Å². The standard InChI is InChI=1S/C23H25N3O4S/c1-17-4-8-20(9-5-17)15-26(31(28,29)23-12-6-18(2)7-13-23)16-22-11-10-21(30-22)14-24-25-19(3)27/h4-14H,15-16H2,1-3H3,(H,25,27)/b24-14-. The molecule has 162 valence electrons. The minimum Gasteiger partial charge on any atom is -0.459 e. The Kier molecular flexibility index (Phi) is 7.04. The van der Waals surface area contributed by atoms with Crippen LogP contribution in [0.5, 0.6) is 0 Å². The SMILES string of the molecule is CC(=O)N/N=C\c1ccc(CN(Cc2ccc(C)cc2)S(=O)(=O)c2ccc(C)cc2)o1. The second-order valence-corrected chi connectivity index (χ2v) is 9.24. The molecular formula is C23H25N3O4S. The van der Waals surface area contributed by atoms with Gasteiger partial charge in [-0.3, -0.25) is 4.79 Å². The number of carbonyl (C=O) groups excluding carboxylic acids is 1. The zero-order chi connectivity index (χ0) is 22.4. The van der Waals surface area contributed by atoms with E-state index in [0.717, 1.165) is 16.7 Å². The number of amides is 1. The van der Waals surface area contributed by atoms with E-state index in [1.165, 1.54) is 17.4 Å². The third-order valence-corrected chi connectivity index (χ3v) is 6.37. The van der Waals surface area contributed by atoms with Crippen LogP contribution in [0.25, 0.3) is 0 Å². The van der Waals surface area contributed by atoms with Gasteiger partial charge >= 0.3 is 0 Å². The molecule has 8 heteroatoms. The van der Waals surface area contributed by atoms with E-state index in [4.69, 9.17) is 4.42 Å². The molecule has 0 atom stereocenters. The number of rotatable bonds is 8. The summed E-state index contributed by atoms with van der Waals surface area (Å²) in [6, 6.07) is 17.9. The number of nitrogens with one attached hydrogen (secondary N) is 1. The number of hydrogen-bond acceptors (Lipinski definition) is 5. The van der Waals surface area contributed by atoms with Gasteiger partial charge < -0.3 is 4.42 Å². The summed E-state index contributed by atoms with van der Waals surface area (Å²) < 4.78 is 33.8. The third kappa shape index (κ3) is 6.13. The second-order valence-electron chi connectivity index (χ2n) is 7.30. The van der Waals surface area contributed by atoms with E-state index >= 15 is 0 Å². The molecule has 0 saturated heterocycles. The van der Waals surface area contributed by atoms with Gasteiger partial charge in [0.05, 0.1) is 17.7 Å². The maximum Gasteiger partial charge on any atom is 0.243 e. The smallest absolute Gasteiger partial charge is 0.243 e.